The number of anilines is 1. The minimum atomic E-state index is -3.62. The zero-order valence-corrected chi connectivity index (χ0v) is 20.7. The minimum Gasteiger partial charge on any atom is -0.392 e. The van der Waals surface area contributed by atoms with Gasteiger partial charge in [0.15, 0.2) is 16.3 Å². The summed E-state index contributed by atoms with van der Waals surface area (Å²) in [6.07, 6.45) is 0.998. The van der Waals surface area contributed by atoms with Gasteiger partial charge in [-0.1, -0.05) is 18.3 Å². The van der Waals surface area contributed by atoms with Crippen LogP contribution >= 0.6 is 19.5 Å². The summed E-state index contributed by atoms with van der Waals surface area (Å²) in [5, 5.41) is 13.5. The number of nitrogens with zero attached hydrogens (tertiary/aromatic N) is 4. The fourth-order valence-electron chi connectivity index (χ4n) is 3.60. The normalized spacial score (nSPS) is 22.7. The molecule has 0 amide bonds. The minimum absolute atomic E-state index is 0.0547. The smallest absolute Gasteiger partial charge is 0.392 e. The fraction of sp³-hybridized carbons (Fsp3) is 0.579. The summed E-state index contributed by atoms with van der Waals surface area (Å²) < 4.78 is 27.3. The van der Waals surface area contributed by atoms with E-state index in [1.165, 1.54) is 17.9 Å². The topological polar surface area (TPSA) is 152 Å². The maximum Gasteiger partial charge on any atom is 0.407 e. The predicted octanol–water partition coefficient (Wildman–Crippen LogP) is 1.62. The molecule has 0 spiro atoms. The maximum absolute atomic E-state index is 13.1. The Balaban J connectivity index is 1.74. The summed E-state index contributed by atoms with van der Waals surface area (Å²) in [6.45, 7) is 5.58. The van der Waals surface area contributed by atoms with Gasteiger partial charge in [-0.25, -0.2) is 14.2 Å². The largest absolute Gasteiger partial charge is 0.407 e. The van der Waals surface area contributed by atoms with Crippen LogP contribution in [0.25, 0.3) is 11.2 Å². The second kappa shape index (κ2) is 10.5. The van der Waals surface area contributed by atoms with Gasteiger partial charge in [-0.2, -0.15) is 4.98 Å². The number of aliphatic hydroxyl groups is 1. The highest BCUT2D eigenvalue weighted by Crippen LogP contribution is 2.52. The van der Waals surface area contributed by atoms with Crippen molar-refractivity contribution in [1.29, 1.82) is 0 Å². The number of carbonyl (C=O) groups excluding carboxylic acids is 1. The summed E-state index contributed by atoms with van der Waals surface area (Å²) in [5.74, 6) is 0.137. The van der Waals surface area contributed by atoms with Crippen molar-refractivity contribution in [2.45, 2.75) is 25.5 Å². The lowest BCUT2D eigenvalue weighted by Gasteiger charge is -2.26. The Morgan fingerprint density at radius 1 is 1.48 bits per heavy atom. The quantitative estimate of drug-likeness (QED) is 0.248. The van der Waals surface area contributed by atoms with Crippen LogP contribution in [0, 0.1) is 5.92 Å². The molecule has 182 valence electrons. The lowest BCUT2D eigenvalue weighted by molar-refractivity contribution is -0.109. The van der Waals surface area contributed by atoms with Crippen LogP contribution < -0.4 is 10.9 Å². The highest BCUT2D eigenvalue weighted by atomic mass is 32.2. The first-order valence-electron chi connectivity index (χ1n) is 10.3. The van der Waals surface area contributed by atoms with Crippen molar-refractivity contribution in [2.75, 3.05) is 45.4 Å². The molecule has 33 heavy (non-hydrogen) atoms. The molecule has 14 heteroatoms. The van der Waals surface area contributed by atoms with E-state index in [1.807, 2.05) is 0 Å². The Kier molecular flexibility index (Phi) is 8.14. The number of carbonyl (C=O) groups is 1. The molecular weight excluding hydrogens is 471 g/mol. The molecule has 0 saturated heterocycles. The van der Waals surface area contributed by atoms with Gasteiger partial charge in [0.2, 0.25) is 5.95 Å². The van der Waals surface area contributed by atoms with E-state index in [2.05, 4.69) is 26.8 Å². The third kappa shape index (κ3) is 5.56. The summed E-state index contributed by atoms with van der Waals surface area (Å²) >= 11 is 1.07. The Hall–Kier alpha value is -2.02. The molecule has 0 aromatic carbocycles. The average molecular weight is 501 g/mol. The molecular formula is C19H29N6O6PS. The molecule has 1 aliphatic carbocycles. The standard InChI is InChI=1S/C19H29N6O6PS/c1-11-13(9-31-32(29,24(4)5)30-6-7-33-12(2)26)15(27)8-14(11)25-10-21-16-17(25)22-19(20-3)23-18(16)28/h10,13-15,27H,1,6-9H2,2-5H3,(H2,20,22,23,28)/t13-,14-,15-,32?/m0/s1. The number of imidazole rings is 1. The first-order valence-corrected chi connectivity index (χ1v) is 12.8. The van der Waals surface area contributed by atoms with Crippen LogP contribution in [0.3, 0.4) is 0 Å². The molecule has 4 atom stereocenters. The highest BCUT2D eigenvalue weighted by Gasteiger charge is 2.40. The molecule has 2 aromatic heterocycles. The lowest BCUT2D eigenvalue weighted by Crippen LogP contribution is -2.23. The molecule has 2 aromatic rings. The van der Waals surface area contributed by atoms with Gasteiger partial charge < -0.3 is 15.0 Å². The van der Waals surface area contributed by atoms with Crippen LogP contribution in [0.5, 0.6) is 0 Å². The Labute approximate surface area is 195 Å². The number of nitrogens with one attached hydrogen (secondary N) is 2. The number of aromatic nitrogens is 4. The SMILES string of the molecule is C=C1[C@H](COP(=O)(OCCSC(C)=O)N(C)C)[C@@H](O)C[C@@H]1n1cnc2c(=O)[nH]c(NC)nc21. The number of hydrogen-bond donors (Lipinski definition) is 3. The van der Waals surface area contributed by atoms with E-state index in [-0.39, 0.29) is 35.4 Å². The molecule has 1 fully saturated rings. The highest BCUT2D eigenvalue weighted by molar-refractivity contribution is 8.13. The van der Waals surface area contributed by atoms with Gasteiger partial charge in [0.05, 0.1) is 31.7 Å². The maximum atomic E-state index is 13.1. The van der Waals surface area contributed by atoms with Crippen LogP contribution in [0.4, 0.5) is 5.95 Å². The van der Waals surface area contributed by atoms with Gasteiger partial charge in [-0.3, -0.25) is 23.6 Å². The molecule has 3 rings (SSSR count). The Morgan fingerprint density at radius 2 is 2.21 bits per heavy atom. The van der Waals surface area contributed by atoms with E-state index < -0.39 is 19.8 Å². The van der Waals surface area contributed by atoms with E-state index in [4.69, 9.17) is 9.05 Å². The van der Waals surface area contributed by atoms with Crippen molar-refractivity contribution in [2.24, 2.45) is 5.92 Å². The molecule has 1 aliphatic rings. The van der Waals surface area contributed by atoms with Crippen molar-refractivity contribution in [3.63, 3.8) is 0 Å². The van der Waals surface area contributed by atoms with Crippen molar-refractivity contribution >= 4 is 41.7 Å². The number of rotatable bonds is 10. The Morgan fingerprint density at radius 3 is 2.85 bits per heavy atom. The van der Waals surface area contributed by atoms with Crippen molar-refractivity contribution in [3.05, 3.63) is 28.8 Å². The summed E-state index contributed by atoms with van der Waals surface area (Å²) in [4.78, 5) is 34.5. The summed E-state index contributed by atoms with van der Waals surface area (Å²) in [7, 11) is 1.16. The van der Waals surface area contributed by atoms with Crippen LogP contribution in [0.2, 0.25) is 0 Å². The van der Waals surface area contributed by atoms with Gasteiger partial charge in [-0.15, -0.1) is 0 Å². The molecule has 2 heterocycles. The van der Waals surface area contributed by atoms with Crippen molar-refractivity contribution in [3.8, 4) is 0 Å². The number of fused-ring (bicyclic) bond motifs is 1. The molecule has 3 N–H and O–H groups in total. The number of aromatic amines is 1. The van der Waals surface area contributed by atoms with Crippen LogP contribution in [0.1, 0.15) is 19.4 Å². The molecule has 12 nitrogen and oxygen atoms in total. The average Bonchev–Trinajstić information content (AvgIpc) is 3.30. The lowest BCUT2D eigenvalue weighted by atomic mass is 10.0. The van der Waals surface area contributed by atoms with E-state index in [0.29, 0.717) is 29.3 Å². The van der Waals surface area contributed by atoms with Crippen molar-refractivity contribution in [1.82, 2.24) is 24.2 Å². The van der Waals surface area contributed by atoms with E-state index in [9.17, 15) is 19.3 Å². The Bertz CT molecular complexity index is 1130. The predicted molar refractivity (Wildman–Crippen MR) is 126 cm³/mol. The zero-order chi connectivity index (χ0) is 24.3. The second-order valence-corrected chi connectivity index (χ2v) is 11.3. The van der Waals surface area contributed by atoms with Crippen LogP contribution in [-0.2, 0) is 18.4 Å². The molecule has 0 aliphatic heterocycles. The number of aliphatic hydroxyl groups excluding tert-OH is 1. The first kappa shape index (κ1) is 25.6. The van der Waals surface area contributed by atoms with E-state index in [0.717, 1.165) is 11.8 Å². The van der Waals surface area contributed by atoms with Crippen LogP contribution in [-0.4, -0.2) is 80.6 Å². The van der Waals surface area contributed by atoms with E-state index in [1.54, 1.807) is 25.7 Å². The summed E-state index contributed by atoms with van der Waals surface area (Å²) in [5.41, 5.74) is 0.824. The summed E-state index contributed by atoms with van der Waals surface area (Å²) in [6, 6.07) is -0.371. The molecule has 1 saturated carbocycles. The van der Waals surface area contributed by atoms with E-state index >= 15 is 0 Å². The zero-order valence-electron chi connectivity index (χ0n) is 19.0. The number of hydrogen-bond acceptors (Lipinski definition) is 10. The van der Waals surface area contributed by atoms with Crippen molar-refractivity contribution < 1.29 is 23.5 Å². The van der Waals surface area contributed by atoms with Gasteiger partial charge in [0.25, 0.3) is 5.56 Å². The van der Waals surface area contributed by atoms with Gasteiger partial charge in [-0.05, 0) is 26.1 Å². The van der Waals surface area contributed by atoms with Gasteiger partial charge >= 0.3 is 7.75 Å². The number of thioether (sulfide) groups is 1. The third-order valence-corrected chi connectivity index (χ3v) is 8.13. The fourth-order valence-corrected chi connectivity index (χ4v) is 5.39. The third-order valence-electron chi connectivity index (χ3n) is 5.39. The van der Waals surface area contributed by atoms with Gasteiger partial charge in [0, 0.05) is 25.6 Å². The second-order valence-electron chi connectivity index (χ2n) is 7.77. The monoisotopic (exact) mass is 500 g/mol. The molecule has 1 unspecified atom stereocenters. The molecule has 0 bridgehead atoms. The van der Waals surface area contributed by atoms with Crippen LogP contribution in [0.15, 0.2) is 23.3 Å². The van der Waals surface area contributed by atoms with Gasteiger partial charge in [0.1, 0.15) is 0 Å². The number of H-pyrrole nitrogens is 1. The first-order chi connectivity index (χ1) is 15.6. The molecule has 0 radical (unpaired) electrons.